The fourth-order valence-corrected chi connectivity index (χ4v) is 5.14. The maximum absolute atomic E-state index is 13.2. The van der Waals surface area contributed by atoms with Crippen molar-refractivity contribution in [2.24, 2.45) is 4.40 Å². The SMILES string of the molecule is CC(C)NC1=NS(=O)(=O)c2ccccc2N1S(=O)(=O)c1ccccc1. The molecule has 0 saturated heterocycles. The van der Waals surface area contributed by atoms with Gasteiger partial charge in [-0.3, -0.25) is 0 Å². The number of nitrogens with one attached hydrogen (secondary N) is 1. The highest BCUT2D eigenvalue weighted by molar-refractivity contribution is 7.94. The lowest BCUT2D eigenvalue weighted by molar-refractivity contribution is 0.591. The van der Waals surface area contributed by atoms with E-state index < -0.39 is 20.0 Å². The first-order chi connectivity index (χ1) is 11.7. The molecule has 9 heteroatoms. The average Bonchev–Trinajstić information content (AvgIpc) is 2.54. The van der Waals surface area contributed by atoms with Crippen LogP contribution < -0.4 is 9.62 Å². The highest BCUT2D eigenvalue weighted by Gasteiger charge is 2.38. The minimum Gasteiger partial charge on any atom is -0.352 e. The van der Waals surface area contributed by atoms with Gasteiger partial charge in [0.2, 0.25) is 5.96 Å². The summed E-state index contributed by atoms with van der Waals surface area (Å²) in [5.74, 6) is -0.238. The molecular weight excluding hydrogens is 362 g/mol. The van der Waals surface area contributed by atoms with Crippen LogP contribution in [0.4, 0.5) is 5.69 Å². The van der Waals surface area contributed by atoms with Crippen LogP contribution in [0.25, 0.3) is 0 Å². The number of guanidine groups is 1. The molecule has 0 unspecified atom stereocenters. The fraction of sp³-hybridized carbons (Fsp3) is 0.188. The molecule has 0 bridgehead atoms. The van der Waals surface area contributed by atoms with Crippen LogP contribution in [0.15, 0.2) is 68.8 Å². The zero-order valence-corrected chi connectivity index (χ0v) is 15.3. The zero-order valence-electron chi connectivity index (χ0n) is 13.6. The smallest absolute Gasteiger partial charge is 0.287 e. The Morgan fingerprint density at radius 3 is 2.24 bits per heavy atom. The first-order valence-electron chi connectivity index (χ1n) is 7.54. The Kier molecular flexibility index (Phi) is 4.29. The van der Waals surface area contributed by atoms with E-state index in [0.29, 0.717) is 0 Å². The largest absolute Gasteiger partial charge is 0.352 e. The van der Waals surface area contributed by atoms with Crippen LogP contribution in [-0.4, -0.2) is 28.8 Å². The summed E-state index contributed by atoms with van der Waals surface area (Å²) in [5, 5.41) is 2.82. The first kappa shape index (κ1) is 17.4. The summed E-state index contributed by atoms with van der Waals surface area (Å²) < 4.78 is 55.8. The van der Waals surface area contributed by atoms with Gasteiger partial charge in [-0.1, -0.05) is 30.3 Å². The minimum atomic E-state index is -4.04. The molecule has 1 N–H and O–H groups in total. The molecule has 0 aliphatic carbocycles. The lowest BCUT2D eigenvalue weighted by Crippen LogP contribution is -2.50. The highest BCUT2D eigenvalue weighted by Crippen LogP contribution is 2.34. The highest BCUT2D eigenvalue weighted by atomic mass is 32.2. The van der Waals surface area contributed by atoms with Crippen molar-refractivity contribution in [2.75, 3.05) is 4.31 Å². The second kappa shape index (κ2) is 6.16. The zero-order chi connectivity index (χ0) is 18.2. The lowest BCUT2D eigenvalue weighted by Gasteiger charge is -2.31. The summed E-state index contributed by atoms with van der Waals surface area (Å²) in [6.07, 6.45) is 0. The summed E-state index contributed by atoms with van der Waals surface area (Å²) >= 11 is 0. The van der Waals surface area contributed by atoms with Crippen LogP contribution in [0.2, 0.25) is 0 Å². The van der Waals surface area contributed by atoms with Gasteiger partial charge in [0.25, 0.3) is 20.0 Å². The summed E-state index contributed by atoms with van der Waals surface area (Å²) in [4.78, 5) is -0.105. The quantitative estimate of drug-likeness (QED) is 0.879. The number of benzene rings is 2. The van der Waals surface area contributed by atoms with Crippen molar-refractivity contribution in [3.63, 3.8) is 0 Å². The Hall–Kier alpha value is -2.39. The average molecular weight is 379 g/mol. The molecular formula is C16H17N3O4S2. The Balaban J connectivity index is 2.28. The molecule has 25 heavy (non-hydrogen) atoms. The second-order valence-electron chi connectivity index (χ2n) is 5.74. The number of anilines is 1. The third kappa shape index (κ3) is 3.12. The van der Waals surface area contributed by atoms with Crippen LogP contribution in [0.5, 0.6) is 0 Å². The maximum Gasteiger partial charge on any atom is 0.287 e. The van der Waals surface area contributed by atoms with E-state index in [1.165, 1.54) is 30.3 Å². The normalized spacial score (nSPS) is 16.3. The second-order valence-corrected chi connectivity index (χ2v) is 9.10. The van der Waals surface area contributed by atoms with Crippen LogP contribution in [-0.2, 0) is 20.0 Å². The summed E-state index contributed by atoms with van der Waals surface area (Å²) in [6.45, 7) is 3.53. The van der Waals surface area contributed by atoms with Crippen molar-refractivity contribution < 1.29 is 16.8 Å². The fourth-order valence-electron chi connectivity index (χ4n) is 2.44. The molecule has 7 nitrogen and oxygen atoms in total. The Labute approximate surface area is 147 Å². The summed E-state index contributed by atoms with van der Waals surface area (Å²) in [5.41, 5.74) is 0.0458. The molecule has 0 radical (unpaired) electrons. The number of fused-ring (bicyclic) bond motifs is 1. The van der Waals surface area contributed by atoms with Gasteiger partial charge in [0.15, 0.2) is 0 Å². The number of hydrogen-bond acceptors (Lipinski definition) is 5. The van der Waals surface area contributed by atoms with Crippen LogP contribution in [0, 0.1) is 0 Å². The predicted octanol–water partition coefficient (Wildman–Crippen LogP) is 1.94. The molecule has 0 saturated carbocycles. The summed E-state index contributed by atoms with van der Waals surface area (Å²) in [6, 6.07) is 13.5. The molecule has 0 aromatic heterocycles. The number of para-hydroxylation sites is 1. The van der Waals surface area contributed by atoms with Crippen molar-refractivity contribution in [3.05, 3.63) is 54.6 Å². The summed E-state index contributed by atoms with van der Waals surface area (Å²) in [7, 11) is -8.04. The van der Waals surface area contributed by atoms with Gasteiger partial charge in [0.1, 0.15) is 4.90 Å². The molecule has 0 amide bonds. The number of sulfonamides is 2. The van der Waals surface area contributed by atoms with Gasteiger partial charge in [-0.05, 0) is 38.1 Å². The third-order valence-corrected chi connectivity index (χ3v) is 6.49. The van der Waals surface area contributed by atoms with Crippen molar-refractivity contribution >= 4 is 31.7 Å². The molecule has 3 rings (SSSR count). The number of hydrogen-bond donors (Lipinski definition) is 1. The van der Waals surface area contributed by atoms with Crippen molar-refractivity contribution in [2.45, 2.75) is 29.7 Å². The van der Waals surface area contributed by atoms with Gasteiger partial charge in [-0.25, -0.2) is 12.7 Å². The topological polar surface area (TPSA) is 95.9 Å². The van der Waals surface area contributed by atoms with E-state index in [0.717, 1.165) is 4.31 Å². The van der Waals surface area contributed by atoms with Crippen molar-refractivity contribution in [3.8, 4) is 0 Å². The van der Waals surface area contributed by atoms with Gasteiger partial charge in [-0.15, -0.1) is 4.40 Å². The Bertz CT molecular complexity index is 1030. The van der Waals surface area contributed by atoms with E-state index in [1.807, 2.05) is 0 Å². The van der Waals surface area contributed by atoms with Crippen LogP contribution >= 0.6 is 0 Å². The molecule has 132 valence electrons. The molecule has 0 spiro atoms. The number of nitrogens with zero attached hydrogens (tertiary/aromatic N) is 2. The van der Waals surface area contributed by atoms with Crippen molar-refractivity contribution in [1.82, 2.24) is 5.32 Å². The van der Waals surface area contributed by atoms with Gasteiger partial charge >= 0.3 is 0 Å². The van der Waals surface area contributed by atoms with Gasteiger partial charge in [-0.2, -0.15) is 8.42 Å². The molecule has 1 heterocycles. The molecule has 0 atom stereocenters. The van der Waals surface area contributed by atoms with Gasteiger partial charge in [0, 0.05) is 6.04 Å². The Morgan fingerprint density at radius 2 is 1.60 bits per heavy atom. The van der Waals surface area contributed by atoms with E-state index in [9.17, 15) is 16.8 Å². The molecule has 2 aromatic rings. The monoisotopic (exact) mass is 379 g/mol. The Morgan fingerprint density at radius 1 is 1.00 bits per heavy atom. The van der Waals surface area contributed by atoms with Crippen molar-refractivity contribution in [1.29, 1.82) is 0 Å². The molecule has 1 aliphatic heterocycles. The molecule has 2 aromatic carbocycles. The van der Waals surface area contributed by atoms with E-state index >= 15 is 0 Å². The molecule has 0 fully saturated rings. The van der Waals surface area contributed by atoms with E-state index in [2.05, 4.69) is 9.71 Å². The van der Waals surface area contributed by atoms with E-state index in [1.54, 1.807) is 38.1 Å². The number of rotatable bonds is 3. The van der Waals surface area contributed by atoms with E-state index in [-0.39, 0.29) is 27.5 Å². The maximum atomic E-state index is 13.2. The lowest BCUT2D eigenvalue weighted by atomic mass is 10.3. The van der Waals surface area contributed by atoms with Crippen LogP contribution in [0.1, 0.15) is 13.8 Å². The van der Waals surface area contributed by atoms with Gasteiger partial charge in [0.05, 0.1) is 10.6 Å². The van der Waals surface area contributed by atoms with Gasteiger partial charge < -0.3 is 5.32 Å². The van der Waals surface area contributed by atoms with E-state index in [4.69, 9.17) is 0 Å². The first-order valence-corrected chi connectivity index (χ1v) is 10.4. The predicted molar refractivity (Wildman–Crippen MR) is 95.4 cm³/mol. The van der Waals surface area contributed by atoms with Crippen LogP contribution in [0.3, 0.4) is 0 Å². The molecule has 1 aliphatic rings. The minimum absolute atomic E-state index is 0.0438. The third-order valence-electron chi connectivity index (χ3n) is 3.46. The standard InChI is InChI=1S/C16H17N3O4S2/c1-12(2)17-16-18-24(20,21)15-11-7-6-10-14(15)19(16)25(22,23)13-8-4-3-5-9-13/h3-12H,1-2H3,(H,17,18).